The van der Waals surface area contributed by atoms with Crippen molar-refractivity contribution >= 4 is 5.97 Å². The summed E-state index contributed by atoms with van der Waals surface area (Å²) in [5, 5.41) is 4.46. The highest BCUT2D eigenvalue weighted by Gasteiger charge is 2.27. The van der Waals surface area contributed by atoms with E-state index in [-0.39, 0.29) is 11.9 Å². The first kappa shape index (κ1) is 15.0. The molecule has 0 amide bonds. The number of hydrogen-bond acceptors (Lipinski definition) is 4. The summed E-state index contributed by atoms with van der Waals surface area (Å²) < 4.78 is 7.08. The van der Waals surface area contributed by atoms with Crippen LogP contribution in [0.5, 0.6) is 0 Å². The number of aromatic nitrogens is 2. The Bertz CT molecular complexity index is 482. The summed E-state index contributed by atoms with van der Waals surface area (Å²) in [5.74, 6) is -0.0159. The molecule has 0 bridgehead atoms. The van der Waals surface area contributed by atoms with Crippen LogP contribution in [0.15, 0.2) is 0 Å². The van der Waals surface area contributed by atoms with Crippen LogP contribution in [0.1, 0.15) is 36.7 Å². The smallest absolute Gasteiger partial charge is 0.310 e. The van der Waals surface area contributed by atoms with Crippen molar-refractivity contribution in [3.8, 4) is 0 Å². The Kier molecular flexibility index (Phi) is 4.81. The number of carbonyl (C=O) groups is 1. The van der Waals surface area contributed by atoms with Crippen molar-refractivity contribution in [1.29, 1.82) is 0 Å². The average molecular weight is 279 g/mol. The molecule has 5 nitrogen and oxygen atoms in total. The van der Waals surface area contributed by atoms with E-state index >= 15 is 0 Å². The van der Waals surface area contributed by atoms with Gasteiger partial charge in [0.25, 0.3) is 0 Å². The van der Waals surface area contributed by atoms with Crippen molar-refractivity contribution in [1.82, 2.24) is 14.7 Å². The zero-order valence-electron chi connectivity index (χ0n) is 13.0. The first-order valence-corrected chi connectivity index (χ1v) is 7.41. The molecule has 0 aliphatic carbocycles. The maximum absolute atomic E-state index is 11.9. The Hall–Kier alpha value is -1.36. The first-order chi connectivity index (χ1) is 9.52. The van der Waals surface area contributed by atoms with Crippen molar-refractivity contribution < 1.29 is 9.53 Å². The van der Waals surface area contributed by atoms with Gasteiger partial charge in [0, 0.05) is 31.4 Å². The number of aryl methyl sites for hydroxylation is 2. The monoisotopic (exact) mass is 279 g/mol. The predicted molar refractivity (Wildman–Crippen MR) is 77.3 cm³/mol. The molecule has 1 unspecified atom stereocenters. The minimum Gasteiger partial charge on any atom is -0.466 e. The second-order valence-electron chi connectivity index (χ2n) is 5.60. The zero-order chi connectivity index (χ0) is 14.7. The largest absolute Gasteiger partial charge is 0.466 e. The number of rotatable bonds is 4. The van der Waals surface area contributed by atoms with E-state index in [1.54, 1.807) is 0 Å². The fourth-order valence-electron chi connectivity index (χ4n) is 2.92. The molecule has 1 aromatic rings. The van der Waals surface area contributed by atoms with E-state index in [0.29, 0.717) is 6.61 Å². The van der Waals surface area contributed by atoms with Crippen LogP contribution in [0.3, 0.4) is 0 Å². The van der Waals surface area contributed by atoms with E-state index in [4.69, 9.17) is 4.74 Å². The number of esters is 1. The van der Waals surface area contributed by atoms with Gasteiger partial charge in [-0.3, -0.25) is 14.4 Å². The quantitative estimate of drug-likeness (QED) is 0.789. The molecule has 2 heterocycles. The molecule has 1 aliphatic heterocycles. The summed E-state index contributed by atoms with van der Waals surface area (Å²) in [6.45, 7) is 9.20. The Morgan fingerprint density at radius 2 is 2.20 bits per heavy atom. The van der Waals surface area contributed by atoms with Gasteiger partial charge in [-0.15, -0.1) is 0 Å². The van der Waals surface area contributed by atoms with Crippen molar-refractivity contribution in [3.05, 3.63) is 17.0 Å². The van der Waals surface area contributed by atoms with Crippen LogP contribution in [0.4, 0.5) is 0 Å². The van der Waals surface area contributed by atoms with Crippen molar-refractivity contribution in [2.45, 2.75) is 40.2 Å². The molecule has 1 atom stereocenters. The summed E-state index contributed by atoms with van der Waals surface area (Å²) in [6.07, 6.45) is 2.00. The summed E-state index contributed by atoms with van der Waals surface area (Å²) in [4.78, 5) is 14.2. The summed E-state index contributed by atoms with van der Waals surface area (Å²) >= 11 is 0. The number of carbonyl (C=O) groups excluding carboxylic acids is 1. The molecule has 20 heavy (non-hydrogen) atoms. The minimum atomic E-state index is -0.0446. The lowest BCUT2D eigenvalue weighted by Gasteiger charge is -2.31. The molecule has 1 fully saturated rings. The van der Waals surface area contributed by atoms with Crippen molar-refractivity contribution in [2.24, 2.45) is 13.0 Å². The summed E-state index contributed by atoms with van der Waals surface area (Å²) in [7, 11) is 1.98. The standard InChI is InChI=1S/C15H25N3O2/c1-5-20-15(19)13-7-6-8-18(9-13)10-14-11(2)16-17(4)12(14)3/h13H,5-10H2,1-4H3. The molecule has 112 valence electrons. The topological polar surface area (TPSA) is 47.4 Å². The first-order valence-electron chi connectivity index (χ1n) is 7.41. The van der Waals surface area contributed by atoms with Crippen molar-refractivity contribution in [2.75, 3.05) is 19.7 Å². The lowest BCUT2D eigenvalue weighted by molar-refractivity contribution is -0.150. The SMILES string of the molecule is CCOC(=O)C1CCCN(Cc2c(C)nn(C)c2C)C1. The molecular formula is C15H25N3O2. The van der Waals surface area contributed by atoms with Gasteiger partial charge in [-0.05, 0) is 40.2 Å². The van der Waals surface area contributed by atoms with Crippen molar-refractivity contribution in [3.63, 3.8) is 0 Å². The molecule has 0 saturated carbocycles. The van der Waals surface area contributed by atoms with E-state index in [0.717, 1.165) is 38.2 Å². The minimum absolute atomic E-state index is 0.0287. The van der Waals surface area contributed by atoms with Gasteiger partial charge in [0.2, 0.25) is 0 Å². The van der Waals surface area contributed by atoms with Crippen LogP contribution in [0.25, 0.3) is 0 Å². The lowest BCUT2D eigenvalue weighted by Crippen LogP contribution is -2.39. The van der Waals surface area contributed by atoms with E-state index in [9.17, 15) is 4.79 Å². The average Bonchev–Trinajstić information content (AvgIpc) is 2.66. The van der Waals surface area contributed by atoms with Gasteiger partial charge >= 0.3 is 5.97 Å². The molecule has 5 heteroatoms. The van der Waals surface area contributed by atoms with Crippen LogP contribution < -0.4 is 0 Å². The van der Waals surface area contributed by atoms with Gasteiger partial charge in [-0.25, -0.2) is 0 Å². The van der Waals surface area contributed by atoms with Gasteiger partial charge in [0.1, 0.15) is 0 Å². The Labute approximate surface area is 120 Å². The van der Waals surface area contributed by atoms with Crippen LogP contribution in [0.2, 0.25) is 0 Å². The number of piperidine rings is 1. The number of hydrogen-bond donors (Lipinski definition) is 0. The normalized spacial score (nSPS) is 20.1. The van der Waals surface area contributed by atoms with Gasteiger partial charge in [0.05, 0.1) is 18.2 Å². The fourth-order valence-corrected chi connectivity index (χ4v) is 2.92. The third kappa shape index (κ3) is 3.20. The van der Waals surface area contributed by atoms with E-state index in [1.165, 1.54) is 11.3 Å². The van der Waals surface area contributed by atoms with Crippen LogP contribution in [-0.2, 0) is 23.1 Å². The molecule has 2 rings (SSSR count). The molecular weight excluding hydrogens is 254 g/mol. The van der Waals surface area contributed by atoms with Gasteiger partial charge in [0.15, 0.2) is 0 Å². The number of ether oxygens (including phenoxy) is 1. The van der Waals surface area contributed by atoms with Gasteiger partial charge in [-0.2, -0.15) is 5.10 Å². The van der Waals surface area contributed by atoms with E-state index in [2.05, 4.69) is 23.8 Å². The highest BCUT2D eigenvalue weighted by Crippen LogP contribution is 2.22. The lowest BCUT2D eigenvalue weighted by atomic mass is 9.97. The Morgan fingerprint density at radius 1 is 1.45 bits per heavy atom. The van der Waals surface area contributed by atoms with E-state index in [1.807, 2.05) is 18.7 Å². The highest BCUT2D eigenvalue weighted by molar-refractivity contribution is 5.72. The van der Waals surface area contributed by atoms with Gasteiger partial charge < -0.3 is 4.74 Å². The predicted octanol–water partition coefficient (Wildman–Crippen LogP) is 1.81. The van der Waals surface area contributed by atoms with Crippen LogP contribution in [0, 0.1) is 19.8 Å². The number of nitrogens with zero attached hydrogens (tertiary/aromatic N) is 3. The second kappa shape index (κ2) is 6.39. The maximum atomic E-state index is 11.9. The number of likely N-dealkylation sites (tertiary alicyclic amines) is 1. The highest BCUT2D eigenvalue weighted by atomic mass is 16.5. The van der Waals surface area contributed by atoms with Crippen LogP contribution >= 0.6 is 0 Å². The Morgan fingerprint density at radius 3 is 2.80 bits per heavy atom. The molecule has 0 N–H and O–H groups in total. The molecule has 1 aliphatic rings. The van der Waals surface area contributed by atoms with Gasteiger partial charge in [-0.1, -0.05) is 0 Å². The maximum Gasteiger partial charge on any atom is 0.310 e. The Balaban J connectivity index is 2.01. The summed E-state index contributed by atoms with van der Waals surface area (Å²) in [5.41, 5.74) is 3.58. The molecule has 0 radical (unpaired) electrons. The molecule has 1 aromatic heterocycles. The third-order valence-electron chi connectivity index (χ3n) is 4.17. The fraction of sp³-hybridized carbons (Fsp3) is 0.733. The molecule has 1 saturated heterocycles. The molecule has 0 aromatic carbocycles. The third-order valence-corrected chi connectivity index (χ3v) is 4.17. The second-order valence-corrected chi connectivity index (χ2v) is 5.60. The van der Waals surface area contributed by atoms with Crippen LogP contribution in [-0.4, -0.2) is 40.3 Å². The van der Waals surface area contributed by atoms with E-state index < -0.39 is 0 Å². The zero-order valence-corrected chi connectivity index (χ0v) is 13.0. The summed E-state index contributed by atoms with van der Waals surface area (Å²) in [6, 6.07) is 0. The molecule has 0 spiro atoms.